The highest BCUT2D eigenvalue weighted by atomic mass is 19.1. The highest BCUT2D eigenvalue weighted by Gasteiger charge is 2.19. The van der Waals surface area contributed by atoms with Crippen LogP contribution in [0.25, 0.3) is 0 Å². The fourth-order valence-corrected chi connectivity index (χ4v) is 2.47. The molecule has 0 saturated heterocycles. The molecule has 2 aromatic carbocycles. The second-order valence-corrected chi connectivity index (χ2v) is 5.85. The standard InChI is InChI=1S/C18H15FN6O4/c1-10-13(3-2-4-14(10)25(27)28)16(26)29-9-15-22-17(20)24-18(23-15)21-12-7-5-11(19)6-8-12/h2-8H,9H2,1H3,(H3,20,21,22,23,24). The minimum Gasteiger partial charge on any atom is -0.454 e. The van der Waals surface area contributed by atoms with Gasteiger partial charge in [-0.05, 0) is 37.3 Å². The van der Waals surface area contributed by atoms with Crippen molar-refractivity contribution in [1.29, 1.82) is 0 Å². The maximum absolute atomic E-state index is 13.0. The lowest BCUT2D eigenvalue weighted by molar-refractivity contribution is -0.385. The molecule has 0 radical (unpaired) electrons. The lowest BCUT2D eigenvalue weighted by Gasteiger charge is -2.09. The van der Waals surface area contributed by atoms with Gasteiger partial charge >= 0.3 is 5.97 Å². The molecule has 10 nitrogen and oxygen atoms in total. The maximum atomic E-state index is 13.0. The molecule has 3 rings (SSSR count). The summed E-state index contributed by atoms with van der Waals surface area (Å²) in [5, 5.41) is 13.8. The van der Waals surface area contributed by atoms with Gasteiger partial charge in [-0.25, -0.2) is 9.18 Å². The monoisotopic (exact) mass is 398 g/mol. The number of nitrogens with one attached hydrogen (secondary N) is 1. The molecule has 148 valence electrons. The van der Waals surface area contributed by atoms with Gasteiger partial charge in [0.25, 0.3) is 5.69 Å². The predicted molar refractivity (Wildman–Crippen MR) is 101 cm³/mol. The molecule has 1 heterocycles. The van der Waals surface area contributed by atoms with Gasteiger partial charge in [0.2, 0.25) is 11.9 Å². The van der Waals surface area contributed by atoms with E-state index >= 15 is 0 Å². The fourth-order valence-electron chi connectivity index (χ4n) is 2.47. The van der Waals surface area contributed by atoms with E-state index in [-0.39, 0.29) is 41.1 Å². The van der Waals surface area contributed by atoms with E-state index in [9.17, 15) is 19.3 Å². The van der Waals surface area contributed by atoms with Crippen molar-refractivity contribution in [3.8, 4) is 0 Å². The summed E-state index contributed by atoms with van der Waals surface area (Å²) in [7, 11) is 0. The second kappa shape index (κ2) is 8.25. The van der Waals surface area contributed by atoms with E-state index in [1.54, 1.807) is 0 Å². The van der Waals surface area contributed by atoms with Gasteiger partial charge in [-0.15, -0.1) is 0 Å². The molecule has 3 aromatic rings. The summed E-state index contributed by atoms with van der Waals surface area (Å²) >= 11 is 0. The number of carbonyl (C=O) groups excluding carboxylic acids is 1. The van der Waals surface area contributed by atoms with Crippen molar-refractivity contribution < 1.29 is 18.8 Å². The third-order valence-electron chi connectivity index (χ3n) is 3.85. The summed E-state index contributed by atoms with van der Waals surface area (Å²) in [5.74, 6) is -1.12. The zero-order valence-corrected chi connectivity index (χ0v) is 15.1. The van der Waals surface area contributed by atoms with Gasteiger partial charge < -0.3 is 15.8 Å². The van der Waals surface area contributed by atoms with Crippen LogP contribution in [0.1, 0.15) is 21.7 Å². The van der Waals surface area contributed by atoms with Crippen LogP contribution < -0.4 is 11.1 Å². The van der Waals surface area contributed by atoms with Gasteiger partial charge in [-0.2, -0.15) is 15.0 Å². The molecule has 0 unspecified atom stereocenters. The van der Waals surface area contributed by atoms with Crippen LogP contribution >= 0.6 is 0 Å². The number of nitrogen functional groups attached to an aromatic ring is 1. The SMILES string of the molecule is Cc1c(C(=O)OCc2nc(N)nc(Nc3ccc(F)cc3)n2)cccc1[N+](=O)[O-]. The van der Waals surface area contributed by atoms with E-state index in [1.807, 2.05) is 0 Å². The second-order valence-electron chi connectivity index (χ2n) is 5.85. The number of nitro benzene ring substituents is 1. The smallest absolute Gasteiger partial charge is 0.339 e. The highest BCUT2D eigenvalue weighted by Crippen LogP contribution is 2.22. The van der Waals surface area contributed by atoms with Crippen molar-refractivity contribution in [3.63, 3.8) is 0 Å². The molecule has 0 fully saturated rings. The van der Waals surface area contributed by atoms with Crippen molar-refractivity contribution in [2.24, 2.45) is 0 Å². The molecule has 0 saturated carbocycles. The number of nitrogens with zero attached hydrogens (tertiary/aromatic N) is 4. The zero-order chi connectivity index (χ0) is 21.0. The summed E-state index contributed by atoms with van der Waals surface area (Å²) in [6.07, 6.45) is 0. The molecule has 0 bridgehead atoms. The van der Waals surface area contributed by atoms with Crippen molar-refractivity contribution >= 4 is 29.2 Å². The number of nitrogens with two attached hydrogens (primary N) is 1. The minimum absolute atomic E-state index is 0.0610. The molecule has 0 spiro atoms. The molecule has 29 heavy (non-hydrogen) atoms. The number of hydrogen-bond acceptors (Lipinski definition) is 9. The van der Waals surface area contributed by atoms with Crippen LogP contribution in [0.2, 0.25) is 0 Å². The summed E-state index contributed by atoms with van der Waals surface area (Å²) < 4.78 is 18.2. The van der Waals surface area contributed by atoms with Crippen LogP contribution in [0, 0.1) is 22.9 Å². The predicted octanol–water partition coefficient (Wildman–Crippen LogP) is 2.91. The van der Waals surface area contributed by atoms with Crippen molar-refractivity contribution in [1.82, 2.24) is 15.0 Å². The lowest BCUT2D eigenvalue weighted by atomic mass is 10.1. The van der Waals surface area contributed by atoms with E-state index in [4.69, 9.17) is 10.5 Å². The Morgan fingerprint density at radius 2 is 1.93 bits per heavy atom. The van der Waals surface area contributed by atoms with Crippen LogP contribution in [0.3, 0.4) is 0 Å². The molecule has 0 amide bonds. The minimum atomic E-state index is -0.766. The number of rotatable bonds is 6. The van der Waals surface area contributed by atoms with Crippen LogP contribution in [-0.4, -0.2) is 25.8 Å². The molecular formula is C18H15FN6O4. The topological polar surface area (TPSA) is 146 Å². The zero-order valence-electron chi connectivity index (χ0n) is 15.1. The number of carbonyl (C=O) groups is 1. The first-order valence-electron chi connectivity index (χ1n) is 8.27. The van der Waals surface area contributed by atoms with Crippen molar-refractivity contribution in [2.45, 2.75) is 13.5 Å². The Balaban J connectivity index is 1.73. The Morgan fingerprint density at radius 3 is 2.62 bits per heavy atom. The van der Waals surface area contributed by atoms with Gasteiger partial charge in [-0.3, -0.25) is 10.1 Å². The average molecular weight is 398 g/mol. The number of anilines is 3. The molecule has 3 N–H and O–H groups in total. The molecule has 0 atom stereocenters. The number of ether oxygens (including phenoxy) is 1. The number of benzene rings is 2. The maximum Gasteiger partial charge on any atom is 0.339 e. The molecule has 0 aliphatic heterocycles. The van der Waals surface area contributed by atoms with E-state index in [2.05, 4.69) is 20.3 Å². The number of aromatic nitrogens is 3. The Hall–Kier alpha value is -4.15. The van der Waals surface area contributed by atoms with Crippen molar-refractivity contribution in [3.05, 3.63) is 75.3 Å². The van der Waals surface area contributed by atoms with Gasteiger partial charge in [0, 0.05) is 17.3 Å². The number of esters is 1. The largest absolute Gasteiger partial charge is 0.454 e. The first kappa shape index (κ1) is 19.6. The van der Waals surface area contributed by atoms with Gasteiger partial charge in [0.15, 0.2) is 12.4 Å². The molecule has 11 heteroatoms. The lowest BCUT2D eigenvalue weighted by Crippen LogP contribution is -2.12. The number of nitro groups is 1. The third kappa shape index (κ3) is 4.77. The highest BCUT2D eigenvalue weighted by molar-refractivity contribution is 5.92. The van der Waals surface area contributed by atoms with Crippen LogP contribution in [-0.2, 0) is 11.3 Å². The summed E-state index contributed by atoms with van der Waals surface area (Å²) in [6.45, 7) is 1.13. The third-order valence-corrected chi connectivity index (χ3v) is 3.85. The average Bonchev–Trinajstić information content (AvgIpc) is 2.67. The summed E-state index contributed by atoms with van der Waals surface area (Å²) in [6, 6.07) is 9.61. The van der Waals surface area contributed by atoms with Crippen molar-refractivity contribution in [2.75, 3.05) is 11.1 Å². The van der Waals surface area contributed by atoms with E-state index in [0.29, 0.717) is 5.69 Å². The van der Waals surface area contributed by atoms with Gasteiger partial charge in [0.1, 0.15) is 5.82 Å². The Labute approximate surface area is 163 Å². The fraction of sp³-hybridized carbons (Fsp3) is 0.111. The van der Waals surface area contributed by atoms with Crippen LogP contribution in [0.15, 0.2) is 42.5 Å². The van der Waals surface area contributed by atoms with Gasteiger partial charge in [0.05, 0.1) is 10.5 Å². The quantitative estimate of drug-likeness (QED) is 0.363. The Morgan fingerprint density at radius 1 is 1.21 bits per heavy atom. The molecule has 0 aliphatic rings. The first-order valence-corrected chi connectivity index (χ1v) is 8.27. The van der Waals surface area contributed by atoms with Crippen LogP contribution in [0.4, 0.5) is 27.7 Å². The van der Waals surface area contributed by atoms with E-state index < -0.39 is 16.7 Å². The Kier molecular flexibility index (Phi) is 5.58. The molecular weight excluding hydrogens is 383 g/mol. The molecule has 1 aromatic heterocycles. The summed E-state index contributed by atoms with van der Waals surface area (Å²) in [4.78, 5) is 34.6. The van der Waals surface area contributed by atoms with E-state index in [0.717, 1.165) is 0 Å². The molecule has 0 aliphatic carbocycles. The van der Waals surface area contributed by atoms with Gasteiger partial charge in [-0.1, -0.05) is 6.07 Å². The first-order chi connectivity index (χ1) is 13.8. The number of halogens is 1. The normalized spacial score (nSPS) is 10.4. The Bertz CT molecular complexity index is 1070. The van der Waals surface area contributed by atoms with Crippen LogP contribution in [0.5, 0.6) is 0 Å². The summed E-state index contributed by atoms with van der Waals surface area (Å²) in [5.41, 5.74) is 6.24. The van der Waals surface area contributed by atoms with E-state index in [1.165, 1.54) is 49.4 Å². The number of hydrogen-bond donors (Lipinski definition) is 2.